The summed E-state index contributed by atoms with van der Waals surface area (Å²) < 4.78 is 118. The van der Waals surface area contributed by atoms with Gasteiger partial charge in [-0.2, -0.15) is 26.3 Å². The van der Waals surface area contributed by atoms with E-state index < -0.39 is 31.3 Å². The number of aromatic nitrogens is 3. The minimum atomic E-state index is -6.09. The van der Waals surface area contributed by atoms with E-state index in [0.29, 0.717) is 0 Å². The molecule has 0 aliphatic rings. The Morgan fingerprint density at radius 3 is 1.31 bits per heavy atom. The quantitative estimate of drug-likeness (QED) is 0.220. The van der Waals surface area contributed by atoms with E-state index in [1.54, 1.807) is 18.6 Å². The van der Waals surface area contributed by atoms with Crippen LogP contribution in [0, 0.1) is 0 Å². The fourth-order valence-electron chi connectivity index (χ4n) is 1.84. The average Bonchev–Trinajstić information content (AvgIpc) is 2.73. The minimum absolute atomic E-state index is 0. The van der Waals surface area contributed by atoms with Crippen molar-refractivity contribution in [1.82, 2.24) is 15.0 Å². The van der Waals surface area contributed by atoms with Crippen LogP contribution in [0.2, 0.25) is 0 Å². The maximum absolute atomic E-state index is 10.7. The van der Waals surface area contributed by atoms with Gasteiger partial charge in [0.05, 0.1) is 17.1 Å². The second kappa shape index (κ2) is 13.0. The van der Waals surface area contributed by atoms with Crippen molar-refractivity contribution >= 4 is 20.2 Å². The molecule has 3 aromatic heterocycles. The van der Waals surface area contributed by atoms with Gasteiger partial charge >= 0.3 is 32.1 Å². The summed E-state index contributed by atoms with van der Waals surface area (Å²) >= 11 is 0. The van der Waals surface area contributed by atoms with Gasteiger partial charge in [-0.1, -0.05) is 12.1 Å². The molecular formula is C17H11F6N3O6PtS2. The van der Waals surface area contributed by atoms with Crippen molar-refractivity contribution in [3.8, 4) is 22.6 Å². The van der Waals surface area contributed by atoms with Gasteiger partial charge in [-0.05, 0) is 36.4 Å². The zero-order chi connectivity index (χ0) is 26.2. The van der Waals surface area contributed by atoms with Gasteiger partial charge in [0.2, 0.25) is 0 Å². The van der Waals surface area contributed by atoms with Gasteiger partial charge in [0.1, 0.15) is 0 Å². The smallest absolute Gasteiger partial charge is 0.741 e. The zero-order valence-electron chi connectivity index (χ0n) is 16.5. The molecule has 0 aliphatic heterocycles. The van der Waals surface area contributed by atoms with Crippen molar-refractivity contribution < 1.29 is 73.3 Å². The summed E-state index contributed by atoms with van der Waals surface area (Å²) in [4.78, 5) is 13.1. The summed E-state index contributed by atoms with van der Waals surface area (Å²) in [5.41, 5.74) is -7.67. The predicted molar refractivity (Wildman–Crippen MR) is 102 cm³/mol. The standard InChI is InChI=1S/C15H11N3.2CHF3O3S.Pt/c1-3-9-16-13(7-1)12-6-5-11-18-15(12)14-8-2-4-10-17-14;2*2-1(3,4)8(5,6)7;/h1-11H;2*(H,5,6,7);/q;;;+2/p-2. The molecule has 0 aliphatic carbocycles. The second-order valence-electron chi connectivity index (χ2n) is 5.63. The molecule has 0 radical (unpaired) electrons. The maximum Gasteiger partial charge on any atom is 2.00 e. The first-order chi connectivity index (χ1) is 15.4. The van der Waals surface area contributed by atoms with Gasteiger partial charge in [-0.15, -0.1) is 0 Å². The molecule has 0 bridgehead atoms. The zero-order valence-corrected chi connectivity index (χ0v) is 20.4. The molecular weight excluding hydrogens is 715 g/mol. The number of nitrogens with zero attached hydrogens (tertiary/aromatic N) is 3. The van der Waals surface area contributed by atoms with Gasteiger partial charge in [0.25, 0.3) is 0 Å². The molecule has 35 heavy (non-hydrogen) atoms. The molecule has 0 saturated heterocycles. The first-order valence-electron chi connectivity index (χ1n) is 8.27. The Balaban J connectivity index is 0.000000576. The normalized spacial score (nSPS) is 11.7. The molecule has 0 aromatic carbocycles. The molecule has 0 spiro atoms. The van der Waals surface area contributed by atoms with Crippen LogP contribution in [0.25, 0.3) is 22.6 Å². The van der Waals surface area contributed by atoms with Crippen molar-refractivity contribution in [3.63, 3.8) is 0 Å². The average molecular weight is 726 g/mol. The van der Waals surface area contributed by atoms with Crippen molar-refractivity contribution in [1.29, 1.82) is 0 Å². The van der Waals surface area contributed by atoms with Crippen molar-refractivity contribution in [3.05, 3.63) is 67.1 Å². The van der Waals surface area contributed by atoms with Crippen LogP contribution in [0.5, 0.6) is 0 Å². The third kappa shape index (κ3) is 10.8. The third-order valence-electron chi connectivity index (χ3n) is 3.22. The topological polar surface area (TPSA) is 153 Å². The maximum atomic E-state index is 10.7. The Morgan fingerprint density at radius 1 is 0.600 bits per heavy atom. The summed E-state index contributed by atoms with van der Waals surface area (Å²) in [7, 11) is -12.2. The van der Waals surface area contributed by atoms with Crippen LogP contribution < -0.4 is 0 Å². The fraction of sp³-hybridized carbons (Fsp3) is 0.118. The van der Waals surface area contributed by atoms with E-state index in [1.165, 1.54) is 0 Å². The van der Waals surface area contributed by atoms with Gasteiger partial charge in [-0.3, -0.25) is 15.0 Å². The Hall–Kier alpha value is -2.46. The van der Waals surface area contributed by atoms with Crippen LogP contribution in [0.4, 0.5) is 26.3 Å². The van der Waals surface area contributed by atoms with E-state index in [4.69, 9.17) is 25.9 Å². The van der Waals surface area contributed by atoms with Crippen LogP contribution >= 0.6 is 0 Å². The molecule has 0 amide bonds. The fourth-order valence-corrected chi connectivity index (χ4v) is 1.84. The number of rotatable bonds is 2. The minimum Gasteiger partial charge on any atom is -0.741 e. The summed E-state index contributed by atoms with van der Waals surface area (Å²) in [6, 6.07) is 15.6. The van der Waals surface area contributed by atoms with Gasteiger partial charge in [-0.25, -0.2) is 16.8 Å². The largest absolute Gasteiger partial charge is 2.00 e. The van der Waals surface area contributed by atoms with E-state index >= 15 is 0 Å². The molecule has 0 unspecified atom stereocenters. The SMILES string of the molecule is O=S(=O)([O-])C(F)(F)F.O=S(=O)([O-])C(F)(F)F.[Pt+2].c1ccc(-c2cccnc2-c2ccccn2)nc1. The first-order valence-corrected chi connectivity index (χ1v) is 11.1. The summed E-state index contributed by atoms with van der Waals surface area (Å²) in [5.74, 6) is 0. The molecule has 3 heterocycles. The molecule has 18 heteroatoms. The van der Waals surface area contributed by atoms with Crippen molar-refractivity contribution in [2.45, 2.75) is 11.0 Å². The van der Waals surface area contributed by atoms with Crippen molar-refractivity contribution in [2.24, 2.45) is 0 Å². The van der Waals surface area contributed by atoms with Crippen LogP contribution in [-0.2, 0) is 41.3 Å². The molecule has 3 rings (SSSR count). The van der Waals surface area contributed by atoms with E-state index in [-0.39, 0.29) is 21.1 Å². The summed E-state index contributed by atoms with van der Waals surface area (Å²) in [5, 5.41) is 0. The number of alkyl halides is 6. The third-order valence-corrected chi connectivity index (χ3v) is 4.36. The van der Waals surface area contributed by atoms with Crippen LogP contribution in [0.3, 0.4) is 0 Å². The van der Waals surface area contributed by atoms with E-state index in [0.717, 1.165) is 22.6 Å². The number of pyridine rings is 3. The molecule has 9 nitrogen and oxygen atoms in total. The van der Waals surface area contributed by atoms with Gasteiger partial charge < -0.3 is 9.11 Å². The number of hydrogen-bond donors (Lipinski definition) is 0. The van der Waals surface area contributed by atoms with Crippen LogP contribution in [-0.4, -0.2) is 51.9 Å². The number of halogens is 6. The van der Waals surface area contributed by atoms with E-state index in [9.17, 15) is 26.3 Å². The molecule has 0 N–H and O–H groups in total. The Labute approximate surface area is 209 Å². The molecule has 0 saturated carbocycles. The molecule has 194 valence electrons. The summed E-state index contributed by atoms with van der Waals surface area (Å²) in [6.07, 6.45) is 5.33. The molecule has 0 atom stereocenters. The monoisotopic (exact) mass is 726 g/mol. The van der Waals surface area contributed by atoms with Crippen LogP contribution in [0.15, 0.2) is 67.1 Å². The van der Waals surface area contributed by atoms with E-state index in [2.05, 4.69) is 15.0 Å². The Morgan fingerprint density at radius 2 is 0.971 bits per heavy atom. The second-order valence-corrected chi connectivity index (χ2v) is 8.37. The van der Waals surface area contributed by atoms with Gasteiger partial charge in [0, 0.05) is 24.2 Å². The number of hydrogen-bond acceptors (Lipinski definition) is 9. The molecule has 3 aromatic rings. The predicted octanol–water partition coefficient (Wildman–Crippen LogP) is 3.31. The first kappa shape index (κ1) is 32.5. The Bertz CT molecular complexity index is 1180. The Kier molecular flexibility index (Phi) is 12.1. The molecule has 0 fully saturated rings. The van der Waals surface area contributed by atoms with Crippen molar-refractivity contribution in [2.75, 3.05) is 0 Å². The summed E-state index contributed by atoms with van der Waals surface area (Å²) in [6.45, 7) is 0. The van der Waals surface area contributed by atoms with Gasteiger partial charge in [0.15, 0.2) is 20.2 Å². The van der Waals surface area contributed by atoms with E-state index in [1.807, 2.05) is 48.5 Å². The van der Waals surface area contributed by atoms with Crippen LogP contribution in [0.1, 0.15) is 0 Å².